The fraction of sp³-hybridized carbons (Fsp3) is 0.211. The molecule has 3 aromatic rings. The Morgan fingerprint density at radius 2 is 1.79 bits per heavy atom. The lowest BCUT2D eigenvalue weighted by atomic mass is 10.1. The minimum absolute atomic E-state index is 0.521. The van der Waals surface area contributed by atoms with Gasteiger partial charge in [-0.05, 0) is 30.5 Å². The van der Waals surface area contributed by atoms with Crippen LogP contribution < -0.4 is 10.6 Å². The molecule has 0 aliphatic carbocycles. The largest absolute Gasteiger partial charge is 0.365 e. The molecule has 0 unspecified atom stereocenters. The fourth-order valence-corrected chi connectivity index (χ4v) is 2.46. The van der Waals surface area contributed by atoms with Gasteiger partial charge in [0.2, 0.25) is 5.95 Å². The summed E-state index contributed by atoms with van der Waals surface area (Å²) in [5, 5.41) is 14.6. The summed E-state index contributed by atoms with van der Waals surface area (Å²) in [7, 11) is 0. The molecule has 24 heavy (non-hydrogen) atoms. The Balaban J connectivity index is 1.60. The quantitative estimate of drug-likeness (QED) is 0.725. The third-order valence-corrected chi connectivity index (χ3v) is 3.81. The molecule has 0 amide bonds. The van der Waals surface area contributed by atoms with Crippen LogP contribution in [0.4, 0.5) is 11.8 Å². The van der Waals surface area contributed by atoms with Crippen molar-refractivity contribution in [2.24, 2.45) is 0 Å². The van der Waals surface area contributed by atoms with Gasteiger partial charge in [0.1, 0.15) is 0 Å². The van der Waals surface area contributed by atoms with Gasteiger partial charge in [0.05, 0.1) is 6.20 Å². The summed E-state index contributed by atoms with van der Waals surface area (Å²) in [6, 6.07) is 16.6. The number of nitrogens with one attached hydrogen (secondary N) is 2. The van der Waals surface area contributed by atoms with Gasteiger partial charge in [-0.1, -0.05) is 54.1 Å². The Morgan fingerprint density at radius 1 is 0.917 bits per heavy atom. The number of nitrogens with zero attached hydrogens (tertiary/aromatic N) is 3. The normalized spacial score (nSPS) is 10.4. The average Bonchev–Trinajstić information content (AvgIpc) is 2.60. The minimum atomic E-state index is 0.521. The van der Waals surface area contributed by atoms with Crippen molar-refractivity contribution in [2.75, 3.05) is 10.6 Å². The molecule has 3 rings (SSSR count). The Hall–Kier alpha value is -2.95. The smallest absolute Gasteiger partial charge is 0.244 e. The monoisotopic (exact) mass is 319 g/mol. The van der Waals surface area contributed by atoms with E-state index in [0.29, 0.717) is 24.9 Å². The minimum Gasteiger partial charge on any atom is -0.365 e. The number of rotatable bonds is 6. The van der Waals surface area contributed by atoms with Crippen molar-refractivity contribution < 1.29 is 0 Å². The molecule has 0 fully saturated rings. The zero-order valence-electron chi connectivity index (χ0n) is 14.0. The van der Waals surface area contributed by atoms with Gasteiger partial charge in [0.25, 0.3) is 0 Å². The first-order valence-corrected chi connectivity index (χ1v) is 7.98. The highest BCUT2D eigenvalue weighted by molar-refractivity contribution is 5.39. The number of anilines is 2. The highest BCUT2D eigenvalue weighted by Gasteiger charge is 2.02. The van der Waals surface area contributed by atoms with Crippen LogP contribution in [0.25, 0.3) is 0 Å². The van der Waals surface area contributed by atoms with E-state index in [9.17, 15) is 0 Å². The molecule has 0 saturated carbocycles. The van der Waals surface area contributed by atoms with Crippen LogP contribution in [-0.2, 0) is 13.1 Å². The summed E-state index contributed by atoms with van der Waals surface area (Å²) in [6.45, 7) is 5.56. The maximum absolute atomic E-state index is 4.46. The second kappa shape index (κ2) is 7.55. The predicted octanol–water partition coefficient (Wildman–Crippen LogP) is 3.71. The standard InChI is InChI=1S/C19H21N5/c1-14-6-5-8-16(10-14)11-20-18-13-22-24-19(23-18)21-12-17-9-4-3-7-15(17)2/h3-10,13H,11-12H2,1-2H3,(H2,20,21,23,24). The topological polar surface area (TPSA) is 62.7 Å². The SMILES string of the molecule is Cc1cccc(CNc2cnnc(NCc3ccccc3C)n2)c1. The van der Waals surface area contributed by atoms with Crippen LogP contribution in [0.1, 0.15) is 22.3 Å². The van der Waals surface area contributed by atoms with E-state index >= 15 is 0 Å². The van der Waals surface area contributed by atoms with Gasteiger partial charge in [0, 0.05) is 13.1 Å². The van der Waals surface area contributed by atoms with E-state index < -0.39 is 0 Å². The first-order chi connectivity index (χ1) is 11.7. The van der Waals surface area contributed by atoms with Gasteiger partial charge in [-0.2, -0.15) is 10.1 Å². The lowest BCUT2D eigenvalue weighted by molar-refractivity contribution is 0.935. The fourth-order valence-electron chi connectivity index (χ4n) is 2.46. The summed E-state index contributed by atoms with van der Waals surface area (Å²) in [5.74, 6) is 1.23. The van der Waals surface area contributed by atoms with E-state index in [0.717, 1.165) is 0 Å². The lowest BCUT2D eigenvalue weighted by Crippen LogP contribution is -2.08. The van der Waals surface area contributed by atoms with Crippen molar-refractivity contribution in [3.8, 4) is 0 Å². The van der Waals surface area contributed by atoms with Crippen LogP contribution in [0, 0.1) is 13.8 Å². The zero-order chi connectivity index (χ0) is 16.8. The number of hydrogen-bond acceptors (Lipinski definition) is 5. The molecule has 5 nitrogen and oxygen atoms in total. The lowest BCUT2D eigenvalue weighted by Gasteiger charge is -2.09. The summed E-state index contributed by atoms with van der Waals surface area (Å²) >= 11 is 0. The predicted molar refractivity (Wildman–Crippen MR) is 96.8 cm³/mol. The number of benzene rings is 2. The van der Waals surface area contributed by atoms with Crippen LogP contribution >= 0.6 is 0 Å². The second-order valence-electron chi connectivity index (χ2n) is 5.79. The van der Waals surface area contributed by atoms with Crippen molar-refractivity contribution >= 4 is 11.8 Å². The molecule has 1 heterocycles. The maximum Gasteiger partial charge on any atom is 0.244 e. The molecule has 122 valence electrons. The van der Waals surface area contributed by atoms with E-state index in [-0.39, 0.29) is 0 Å². The van der Waals surface area contributed by atoms with Gasteiger partial charge >= 0.3 is 0 Å². The zero-order valence-corrected chi connectivity index (χ0v) is 14.0. The molecule has 1 aromatic heterocycles. The van der Waals surface area contributed by atoms with Gasteiger partial charge in [-0.25, -0.2) is 0 Å². The number of hydrogen-bond donors (Lipinski definition) is 2. The highest BCUT2D eigenvalue weighted by Crippen LogP contribution is 2.11. The molecule has 0 aliphatic heterocycles. The molecule has 0 spiro atoms. The summed E-state index contributed by atoms with van der Waals surface area (Å²) in [6.07, 6.45) is 1.63. The Bertz CT molecular complexity index is 816. The van der Waals surface area contributed by atoms with E-state index in [1.54, 1.807) is 6.20 Å². The molecule has 2 N–H and O–H groups in total. The second-order valence-corrected chi connectivity index (χ2v) is 5.79. The van der Waals surface area contributed by atoms with Gasteiger partial charge in [-0.3, -0.25) is 0 Å². The first-order valence-electron chi connectivity index (χ1n) is 7.98. The highest BCUT2D eigenvalue weighted by atomic mass is 15.3. The van der Waals surface area contributed by atoms with Crippen molar-refractivity contribution in [3.05, 3.63) is 77.0 Å². The Kier molecular flexibility index (Phi) is 5.01. The van der Waals surface area contributed by atoms with E-state index in [1.807, 2.05) is 12.1 Å². The van der Waals surface area contributed by atoms with Crippen LogP contribution in [0.15, 0.2) is 54.7 Å². The third-order valence-electron chi connectivity index (χ3n) is 3.81. The molecule has 0 radical (unpaired) electrons. The summed E-state index contributed by atoms with van der Waals surface area (Å²) in [4.78, 5) is 4.46. The van der Waals surface area contributed by atoms with Gasteiger partial charge in [-0.15, -0.1) is 5.10 Å². The van der Waals surface area contributed by atoms with E-state index in [1.165, 1.54) is 22.3 Å². The van der Waals surface area contributed by atoms with Crippen LogP contribution in [-0.4, -0.2) is 15.2 Å². The number of aryl methyl sites for hydroxylation is 2. The van der Waals surface area contributed by atoms with E-state index in [4.69, 9.17) is 0 Å². The first kappa shape index (κ1) is 15.9. The molecular weight excluding hydrogens is 298 g/mol. The van der Waals surface area contributed by atoms with Crippen LogP contribution in [0.2, 0.25) is 0 Å². The molecule has 0 atom stereocenters. The van der Waals surface area contributed by atoms with E-state index in [2.05, 4.69) is 76.1 Å². The van der Waals surface area contributed by atoms with Crippen molar-refractivity contribution in [2.45, 2.75) is 26.9 Å². The molecule has 2 aromatic carbocycles. The summed E-state index contributed by atoms with van der Waals surface area (Å²) in [5.41, 5.74) is 4.92. The summed E-state index contributed by atoms with van der Waals surface area (Å²) < 4.78 is 0. The third kappa shape index (κ3) is 4.29. The van der Waals surface area contributed by atoms with Gasteiger partial charge < -0.3 is 10.6 Å². The molecule has 5 heteroatoms. The van der Waals surface area contributed by atoms with Gasteiger partial charge in [0.15, 0.2) is 5.82 Å². The molecular formula is C19H21N5. The maximum atomic E-state index is 4.46. The van der Waals surface area contributed by atoms with Crippen molar-refractivity contribution in [3.63, 3.8) is 0 Å². The van der Waals surface area contributed by atoms with Crippen molar-refractivity contribution in [1.82, 2.24) is 15.2 Å². The molecule has 0 aliphatic rings. The van der Waals surface area contributed by atoms with Crippen LogP contribution in [0.5, 0.6) is 0 Å². The number of aromatic nitrogens is 3. The Morgan fingerprint density at radius 3 is 2.62 bits per heavy atom. The van der Waals surface area contributed by atoms with Crippen LogP contribution in [0.3, 0.4) is 0 Å². The Labute approximate surface area is 142 Å². The average molecular weight is 319 g/mol. The van der Waals surface area contributed by atoms with Crippen molar-refractivity contribution in [1.29, 1.82) is 0 Å². The molecule has 0 bridgehead atoms. The molecule has 0 saturated heterocycles.